The van der Waals surface area contributed by atoms with Crippen molar-refractivity contribution in [3.05, 3.63) is 65.1 Å². The Morgan fingerprint density at radius 2 is 2.00 bits per heavy atom. The summed E-state index contributed by atoms with van der Waals surface area (Å²) in [7, 11) is 0. The van der Waals surface area contributed by atoms with Crippen LogP contribution < -0.4 is 5.32 Å². The van der Waals surface area contributed by atoms with Crippen molar-refractivity contribution in [1.29, 1.82) is 0 Å². The molecule has 168 valence electrons. The summed E-state index contributed by atoms with van der Waals surface area (Å²) < 4.78 is 18.9. The third-order valence-corrected chi connectivity index (χ3v) is 5.97. The first-order valence-corrected chi connectivity index (χ1v) is 10.9. The Kier molecular flexibility index (Phi) is 6.43. The largest absolute Gasteiger partial charge is 0.379 e. The first-order valence-electron chi connectivity index (χ1n) is 10.9. The Morgan fingerprint density at radius 3 is 2.69 bits per heavy atom. The number of aromatic nitrogens is 2. The van der Waals surface area contributed by atoms with Gasteiger partial charge in [-0.1, -0.05) is 13.8 Å². The number of pyridine rings is 2. The number of hydrogen-bond acceptors (Lipinski definition) is 6. The molecule has 4 rings (SSSR count). The molecule has 8 heteroatoms. The zero-order valence-corrected chi connectivity index (χ0v) is 18.6. The van der Waals surface area contributed by atoms with Crippen molar-refractivity contribution in [3.8, 4) is 0 Å². The number of ether oxygens (including phenoxy) is 1. The Hall–Kier alpha value is -2.97. The zero-order valence-electron chi connectivity index (χ0n) is 18.6. The van der Waals surface area contributed by atoms with Gasteiger partial charge in [0.25, 0.3) is 5.91 Å². The molecule has 0 bridgehead atoms. The molecule has 32 heavy (non-hydrogen) atoms. The van der Waals surface area contributed by atoms with Crippen LogP contribution in [0.4, 0.5) is 4.39 Å². The highest BCUT2D eigenvalue weighted by molar-refractivity contribution is 5.98. The second-order valence-electron chi connectivity index (χ2n) is 8.47. The minimum Gasteiger partial charge on any atom is -0.379 e. The van der Waals surface area contributed by atoms with E-state index in [1.807, 2.05) is 33.1 Å². The number of nitrogens with one attached hydrogen (secondary N) is 1. The van der Waals surface area contributed by atoms with Crippen LogP contribution in [-0.4, -0.2) is 59.0 Å². The van der Waals surface area contributed by atoms with Gasteiger partial charge in [0.1, 0.15) is 5.66 Å². The zero-order chi connectivity index (χ0) is 22.7. The fourth-order valence-electron chi connectivity index (χ4n) is 4.08. The highest BCUT2D eigenvalue weighted by Crippen LogP contribution is 2.34. The van der Waals surface area contributed by atoms with Crippen molar-refractivity contribution < 1.29 is 13.9 Å². The van der Waals surface area contributed by atoms with Gasteiger partial charge in [0.05, 0.1) is 13.2 Å². The van der Waals surface area contributed by atoms with E-state index in [0.29, 0.717) is 38.3 Å². The molecule has 1 amide bonds. The minimum absolute atomic E-state index is 0.191. The number of nitrogens with zero attached hydrogens (tertiary/aromatic N) is 4. The fourth-order valence-corrected chi connectivity index (χ4v) is 4.08. The molecule has 2 aromatic heterocycles. The predicted molar refractivity (Wildman–Crippen MR) is 121 cm³/mol. The van der Waals surface area contributed by atoms with Gasteiger partial charge in [0.2, 0.25) is 5.95 Å². The molecule has 1 N–H and O–H groups in total. The number of carbonyl (C=O) groups excluding carboxylic acids is 1. The molecule has 7 nitrogen and oxygen atoms in total. The lowest BCUT2D eigenvalue weighted by molar-refractivity contribution is -0.00621. The maximum atomic E-state index is 13.4. The van der Waals surface area contributed by atoms with Crippen molar-refractivity contribution in [2.75, 3.05) is 26.3 Å². The summed E-state index contributed by atoms with van der Waals surface area (Å²) in [5, 5.41) is 3.24. The molecule has 0 aromatic carbocycles. The number of morpholine rings is 1. The van der Waals surface area contributed by atoms with E-state index in [4.69, 9.17) is 4.74 Å². The molecule has 0 saturated carbocycles. The van der Waals surface area contributed by atoms with Crippen LogP contribution >= 0.6 is 0 Å². The molecule has 0 radical (unpaired) electrons. The number of halogens is 1. The summed E-state index contributed by atoms with van der Waals surface area (Å²) in [5.41, 5.74) is 3.13. The maximum absolute atomic E-state index is 13.4. The van der Waals surface area contributed by atoms with Gasteiger partial charge in [0.15, 0.2) is 0 Å². The lowest BCUT2D eigenvalue weighted by Gasteiger charge is -2.45. The molecule has 2 aliphatic heterocycles. The number of allylic oxidation sites excluding steroid dienone is 1. The minimum atomic E-state index is -0.828. The third kappa shape index (κ3) is 4.61. The summed E-state index contributed by atoms with van der Waals surface area (Å²) >= 11 is 0. The summed E-state index contributed by atoms with van der Waals surface area (Å²) in [6, 6.07) is 6.60. The smallest absolute Gasteiger partial charge is 0.253 e. The first kappa shape index (κ1) is 22.2. The van der Waals surface area contributed by atoms with E-state index in [1.54, 1.807) is 18.3 Å². The molecule has 2 aromatic rings. The highest BCUT2D eigenvalue weighted by Gasteiger charge is 2.41. The van der Waals surface area contributed by atoms with Crippen LogP contribution in [0, 0.1) is 5.95 Å². The van der Waals surface area contributed by atoms with Crippen molar-refractivity contribution in [2.24, 2.45) is 4.99 Å². The Bertz CT molecular complexity index is 1040. The average Bonchev–Trinajstić information content (AvgIpc) is 2.81. The topological polar surface area (TPSA) is 79.7 Å². The fraction of sp³-hybridized carbons (Fsp3) is 0.417. The van der Waals surface area contributed by atoms with Gasteiger partial charge < -0.3 is 10.1 Å². The summed E-state index contributed by atoms with van der Waals surface area (Å²) in [6.07, 6.45) is 5.49. The molecule has 1 atom stereocenters. The molecule has 1 fully saturated rings. The van der Waals surface area contributed by atoms with Crippen molar-refractivity contribution in [3.63, 3.8) is 0 Å². The number of amides is 1. The van der Waals surface area contributed by atoms with Gasteiger partial charge in [-0.3, -0.25) is 19.7 Å². The third-order valence-electron chi connectivity index (χ3n) is 5.97. The molecule has 1 unspecified atom stereocenters. The van der Waals surface area contributed by atoms with Gasteiger partial charge in [-0.15, -0.1) is 0 Å². The van der Waals surface area contributed by atoms with E-state index >= 15 is 0 Å². The second kappa shape index (κ2) is 9.26. The number of hydrogen-bond donors (Lipinski definition) is 1. The van der Waals surface area contributed by atoms with Crippen LogP contribution in [0.1, 0.15) is 54.7 Å². The van der Waals surface area contributed by atoms with Gasteiger partial charge >= 0.3 is 0 Å². The lowest BCUT2D eigenvalue weighted by atomic mass is 9.90. The van der Waals surface area contributed by atoms with Gasteiger partial charge in [-0.05, 0) is 48.2 Å². The summed E-state index contributed by atoms with van der Waals surface area (Å²) in [5.74, 6) is -0.503. The monoisotopic (exact) mass is 437 g/mol. The Balaban J connectivity index is 1.68. The van der Waals surface area contributed by atoms with Crippen LogP contribution in [0.25, 0.3) is 5.57 Å². The normalized spacial score (nSPS) is 21.8. The molecule has 1 saturated heterocycles. The number of aliphatic imine (C=N–C) groups is 1. The molecule has 4 heterocycles. The van der Waals surface area contributed by atoms with Crippen LogP contribution in [-0.2, 0) is 4.74 Å². The Morgan fingerprint density at radius 1 is 1.22 bits per heavy atom. The number of rotatable bonds is 5. The van der Waals surface area contributed by atoms with Crippen molar-refractivity contribution in [1.82, 2.24) is 20.2 Å². The van der Waals surface area contributed by atoms with E-state index in [0.717, 1.165) is 22.5 Å². The van der Waals surface area contributed by atoms with Crippen LogP contribution in [0.15, 0.2) is 47.3 Å². The van der Waals surface area contributed by atoms with E-state index < -0.39 is 11.6 Å². The van der Waals surface area contributed by atoms with E-state index in [1.165, 1.54) is 12.3 Å². The van der Waals surface area contributed by atoms with Crippen LogP contribution in [0.3, 0.4) is 0 Å². The standard InChI is InChI=1S/C24H28FN5O2/c1-16(2)21-12-18(6-7-26-21)23(31)29-24(30-8-10-32-11-9-30)13-20(17(3)28-15-24)19-4-5-22(25)27-14-19/h4-7,12,14-16H,8-11,13H2,1-3H3,(H,29,31). The van der Waals surface area contributed by atoms with E-state index in [-0.39, 0.29) is 11.8 Å². The van der Waals surface area contributed by atoms with Gasteiger partial charge in [-0.2, -0.15) is 4.39 Å². The molecule has 0 aliphatic carbocycles. The summed E-state index contributed by atoms with van der Waals surface area (Å²) in [4.78, 5) is 28.4. The van der Waals surface area contributed by atoms with Crippen molar-refractivity contribution >= 4 is 17.7 Å². The predicted octanol–water partition coefficient (Wildman–Crippen LogP) is 3.40. The van der Waals surface area contributed by atoms with Gasteiger partial charge in [0, 0.05) is 55.1 Å². The molecule has 0 spiro atoms. The van der Waals surface area contributed by atoms with E-state index in [9.17, 15) is 9.18 Å². The summed E-state index contributed by atoms with van der Waals surface area (Å²) in [6.45, 7) is 8.48. The number of carbonyl (C=O) groups is 1. The molecule has 2 aliphatic rings. The molecular formula is C24H28FN5O2. The van der Waals surface area contributed by atoms with Crippen LogP contribution in [0.2, 0.25) is 0 Å². The quantitative estimate of drug-likeness (QED) is 0.726. The lowest BCUT2D eigenvalue weighted by Crippen LogP contribution is -2.65. The van der Waals surface area contributed by atoms with E-state index in [2.05, 4.69) is 25.2 Å². The van der Waals surface area contributed by atoms with Gasteiger partial charge in [-0.25, -0.2) is 4.98 Å². The first-order chi connectivity index (χ1) is 15.4. The Labute approximate surface area is 187 Å². The SMILES string of the molecule is CC1=C(c2ccc(F)nc2)CC(NC(=O)c2ccnc(C(C)C)c2)(N2CCOCC2)C=N1. The van der Waals surface area contributed by atoms with Crippen molar-refractivity contribution in [2.45, 2.75) is 38.8 Å². The maximum Gasteiger partial charge on any atom is 0.253 e. The molecular weight excluding hydrogens is 409 g/mol. The van der Waals surface area contributed by atoms with Crippen LogP contribution in [0.5, 0.6) is 0 Å². The second-order valence-corrected chi connectivity index (χ2v) is 8.47. The highest BCUT2D eigenvalue weighted by atomic mass is 19.1. The average molecular weight is 438 g/mol.